The van der Waals surface area contributed by atoms with Gasteiger partial charge >= 0.3 is 11.9 Å². The standard InChI is InChI=1S/C19H16N2O5/c1-25-19(24)17(13-7-3-2-4-8-13)26-16(22)11-21-12-20-15-10-6-5-9-14(15)18(21)23/h2-10,12,17H,11H2,1H3. The van der Waals surface area contributed by atoms with E-state index >= 15 is 0 Å². The molecule has 0 aliphatic heterocycles. The molecule has 1 aromatic heterocycles. The Kier molecular flexibility index (Phi) is 5.07. The van der Waals surface area contributed by atoms with Gasteiger partial charge in [0.15, 0.2) is 0 Å². The number of nitrogens with zero attached hydrogens (tertiary/aromatic N) is 2. The predicted octanol–water partition coefficient (Wildman–Crippen LogP) is 1.85. The molecule has 0 spiro atoms. The number of para-hydroxylation sites is 1. The van der Waals surface area contributed by atoms with Crippen molar-refractivity contribution in [3.63, 3.8) is 0 Å². The second kappa shape index (κ2) is 7.60. The molecule has 0 aliphatic carbocycles. The minimum atomic E-state index is -1.20. The fourth-order valence-corrected chi connectivity index (χ4v) is 2.51. The maximum absolute atomic E-state index is 12.4. The molecule has 132 valence electrons. The molecular weight excluding hydrogens is 336 g/mol. The molecule has 7 heteroatoms. The van der Waals surface area contributed by atoms with Crippen molar-refractivity contribution >= 4 is 22.8 Å². The number of fused-ring (bicyclic) bond motifs is 1. The van der Waals surface area contributed by atoms with Crippen LogP contribution >= 0.6 is 0 Å². The van der Waals surface area contributed by atoms with Crippen LogP contribution in [0.2, 0.25) is 0 Å². The average molecular weight is 352 g/mol. The number of hydrogen-bond acceptors (Lipinski definition) is 6. The molecular formula is C19H16N2O5. The number of methoxy groups -OCH3 is 1. The van der Waals surface area contributed by atoms with Crippen LogP contribution in [0.3, 0.4) is 0 Å². The molecule has 0 fully saturated rings. The molecule has 3 aromatic rings. The molecule has 1 atom stereocenters. The van der Waals surface area contributed by atoms with Crippen LogP contribution in [0.25, 0.3) is 10.9 Å². The van der Waals surface area contributed by atoms with Gasteiger partial charge in [0.1, 0.15) is 6.54 Å². The zero-order chi connectivity index (χ0) is 18.5. The Morgan fingerprint density at radius 3 is 2.50 bits per heavy atom. The number of hydrogen-bond donors (Lipinski definition) is 0. The fourth-order valence-electron chi connectivity index (χ4n) is 2.51. The van der Waals surface area contributed by atoms with Gasteiger partial charge < -0.3 is 9.47 Å². The van der Waals surface area contributed by atoms with Crippen LogP contribution < -0.4 is 5.56 Å². The van der Waals surface area contributed by atoms with Gasteiger partial charge in [-0.3, -0.25) is 14.2 Å². The molecule has 1 heterocycles. The van der Waals surface area contributed by atoms with Crippen molar-refractivity contribution in [1.29, 1.82) is 0 Å². The number of ether oxygens (including phenoxy) is 2. The van der Waals surface area contributed by atoms with Crippen molar-refractivity contribution in [3.8, 4) is 0 Å². The first-order chi connectivity index (χ1) is 12.6. The first-order valence-corrected chi connectivity index (χ1v) is 7.86. The number of aromatic nitrogens is 2. The highest BCUT2D eigenvalue weighted by atomic mass is 16.6. The van der Waals surface area contributed by atoms with Crippen molar-refractivity contribution in [2.24, 2.45) is 0 Å². The van der Waals surface area contributed by atoms with Gasteiger partial charge in [-0.2, -0.15) is 0 Å². The van der Waals surface area contributed by atoms with E-state index in [2.05, 4.69) is 4.98 Å². The van der Waals surface area contributed by atoms with Crippen LogP contribution in [0.15, 0.2) is 65.7 Å². The van der Waals surface area contributed by atoms with Gasteiger partial charge in [0.05, 0.1) is 24.3 Å². The maximum Gasteiger partial charge on any atom is 0.351 e. The maximum atomic E-state index is 12.4. The summed E-state index contributed by atoms with van der Waals surface area (Å²) in [6.07, 6.45) is 0.0829. The van der Waals surface area contributed by atoms with Crippen molar-refractivity contribution < 1.29 is 19.1 Å². The number of carbonyl (C=O) groups excluding carboxylic acids is 2. The van der Waals surface area contributed by atoms with Crippen LogP contribution in [0.5, 0.6) is 0 Å². The van der Waals surface area contributed by atoms with Gasteiger partial charge in [-0.1, -0.05) is 42.5 Å². The Labute approximate surface area is 148 Å². The van der Waals surface area contributed by atoms with Crippen LogP contribution in [-0.4, -0.2) is 28.6 Å². The van der Waals surface area contributed by atoms with Gasteiger partial charge in [0, 0.05) is 5.56 Å². The minimum Gasteiger partial charge on any atom is -0.466 e. The van der Waals surface area contributed by atoms with Crippen molar-refractivity contribution in [2.75, 3.05) is 7.11 Å². The summed E-state index contributed by atoms with van der Waals surface area (Å²) in [5.41, 5.74) is 0.664. The van der Waals surface area contributed by atoms with E-state index in [4.69, 9.17) is 9.47 Å². The van der Waals surface area contributed by atoms with Gasteiger partial charge in [-0.15, -0.1) is 0 Å². The monoisotopic (exact) mass is 352 g/mol. The number of carbonyl (C=O) groups is 2. The molecule has 0 amide bonds. The lowest BCUT2D eigenvalue weighted by Crippen LogP contribution is -2.28. The number of esters is 2. The van der Waals surface area contributed by atoms with Gasteiger partial charge in [0.25, 0.3) is 5.56 Å². The average Bonchev–Trinajstić information content (AvgIpc) is 2.68. The summed E-state index contributed by atoms with van der Waals surface area (Å²) < 4.78 is 11.1. The molecule has 1 unspecified atom stereocenters. The third-order valence-corrected chi connectivity index (χ3v) is 3.80. The fraction of sp³-hybridized carbons (Fsp3) is 0.158. The normalized spacial score (nSPS) is 11.7. The molecule has 3 rings (SSSR count). The zero-order valence-electron chi connectivity index (χ0n) is 14.0. The van der Waals surface area contributed by atoms with Crippen molar-refractivity contribution in [2.45, 2.75) is 12.6 Å². The Bertz CT molecular complexity index is 997. The quantitative estimate of drug-likeness (QED) is 0.651. The van der Waals surface area contributed by atoms with Crippen LogP contribution in [-0.2, 0) is 25.6 Å². The third-order valence-electron chi connectivity index (χ3n) is 3.80. The molecule has 2 aromatic carbocycles. The summed E-state index contributed by atoms with van der Waals surface area (Å²) >= 11 is 0. The first kappa shape index (κ1) is 17.3. The minimum absolute atomic E-state index is 0.359. The summed E-state index contributed by atoms with van der Waals surface area (Å²) in [5.74, 6) is -1.45. The van der Waals surface area contributed by atoms with E-state index in [0.29, 0.717) is 16.5 Å². The lowest BCUT2D eigenvalue weighted by Gasteiger charge is -2.16. The molecule has 7 nitrogen and oxygen atoms in total. The van der Waals surface area contributed by atoms with Gasteiger partial charge in [0.2, 0.25) is 6.10 Å². The van der Waals surface area contributed by atoms with E-state index in [9.17, 15) is 14.4 Å². The Morgan fingerprint density at radius 2 is 1.77 bits per heavy atom. The van der Waals surface area contributed by atoms with E-state index in [0.717, 1.165) is 4.57 Å². The van der Waals surface area contributed by atoms with Gasteiger partial charge in [-0.25, -0.2) is 9.78 Å². The second-order valence-electron chi connectivity index (χ2n) is 5.50. The Morgan fingerprint density at radius 1 is 1.08 bits per heavy atom. The lowest BCUT2D eigenvalue weighted by atomic mass is 10.1. The SMILES string of the molecule is COC(=O)C(OC(=O)Cn1cnc2ccccc2c1=O)c1ccccc1. The highest BCUT2D eigenvalue weighted by molar-refractivity contribution is 5.81. The first-order valence-electron chi connectivity index (χ1n) is 7.86. The van der Waals surface area contributed by atoms with E-state index in [1.807, 2.05) is 0 Å². The summed E-state index contributed by atoms with van der Waals surface area (Å²) in [6, 6.07) is 15.4. The molecule has 0 radical (unpaired) electrons. The predicted molar refractivity (Wildman–Crippen MR) is 93.3 cm³/mol. The Hall–Kier alpha value is -3.48. The lowest BCUT2D eigenvalue weighted by molar-refractivity contribution is -0.167. The molecule has 0 saturated carbocycles. The summed E-state index contributed by atoms with van der Waals surface area (Å²) in [6.45, 7) is -0.364. The molecule has 0 saturated heterocycles. The van der Waals surface area contributed by atoms with Crippen LogP contribution in [0.4, 0.5) is 0 Å². The summed E-state index contributed by atoms with van der Waals surface area (Å²) in [4.78, 5) is 40.8. The Balaban J connectivity index is 1.82. The number of benzene rings is 2. The molecule has 0 N–H and O–H groups in total. The highest BCUT2D eigenvalue weighted by Gasteiger charge is 2.26. The highest BCUT2D eigenvalue weighted by Crippen LogP contribution is 2.19. The molecule has 0 bridgehead atoms. The van der Waals surface area contributed by atoms with E-state index in [1.54, 1.807) is 54.6 Å². The van der Waals surface area contributed by atoms with Crippen LogP contribution in [0, 0.1) is 0 Å². The van der Waals surface area contributed by atoms with E-state index < -0.39 is 18.0 Å². The molecule has 26 heavy (non-hydrogen) atoms. The smallest absolute Gasteiger partial charge is 0.351 e. The van der Waals surface area contributed by atoms with E-state index in [1.165, 1.54) is 13.4 Å². The number of rotatable bonds is 5. The van der Waals surface area contributed by atoms with Crippen molar-refractivity contribution in [3.05, 3.63) is 76.8 Å². The summed E-state index contributed by atoms with van der Waals surface area (Å²) in [7, 11) is 1.21. The van der Waals surface area contributed by atoms with Crippen LogP contribution in [0.1, 0.15) is 11.7 Å². The molecule has 0 aliphatic rings. The van der Waals surface area contributed by atoms with E-state index in [-0.39, 0.29) is 12.1 Å². The van der Waals surface area contributed by atoms with Gasteiger partial charge in [-0.05, 0) is 12.1 Å². The van der Waals surface area contributed by atoms with Crippen molar-refractivity contribution in [1.82, 2.24) is 9.55 Å². The second-order valence-corrected chi connectivity index (χ2v) is 5.50. The zero-order valence-corrected chi connectivity index (χ0v) is 14.0. The topological polar surface area (TPSA) is 87.5 Å². The third kappa shape index (κ3) is 3.61. The summed E-state index contributed by atoms with van der Waals surface area (Å²) in [5, 5.41) is 0.398. The largest absolute Gasteiger partial charge is 0.466 e.